The fourth-order valence-corrected chi connectivity index (χ4v) is 2.59. The SMILES string of the molecule is CCN(CC)C(=O)Cn1ccc2cc(NC(=O)CCN)ccc21. The Labute approximate surface area is 136 Å². The summed E-state index contributed by atoms with van der Waals surface area (Å²) in [6.45, 7) is 6.04. The smallest absolute Gasteiger partial charge is 0.242 e. The summed E-state index contributed by atoms with van der Waals surface area (Å²) in [6.07, 6.45) is 2.20. The zero-order valence-corrected chi connectivity index (χ0v) is 13.7. The largest absolute Gasteiger partial charge is 0.342 e. The molecule has 0 unspecified atom stereocenters. The van der Waals surface area contributed by atoms with Crippen molar-refractivity contribution in [1.82, 2.24) is 9.47 Å². The molecule has 6 heteroatoms. The minimum absolute atomic E-state index is 0.0945. The Hall–Kier alpha value is -2.34. The highest BCUT2D eigenvalue weighted by Crippen LogP contribution is 2.21. The van der Waals surface area contributed by atoms with Gasteiger partial charge in [0.25, 0.3) is 0 Å². The maximum absolute atomic E-state index is 12.2. The van der Waals surface area contributed by atoms with Gasteiger partial charge in [-0.3, -0.25) is 9.59 Å². The highest BCUT2D eigenvalue weighted by Gasteiger charge is 2.12. The van der Waals surface area contributed by atoms with Crippen LogP contribution in [0.5, 0.6) is 0 Å². The zero-order chi connectivity index (χ0) is 16.8. The second-order valence-electron chi connectivity index (χ2n) is 5.37. The Bertz CT molecular complexity index is 689. The number of aromatic nitrogens is 1. The lowest BCUT2D eigenvalue weighted by Crippen LogP contribution is -2.33. The van der Waals surface area contributed by atoms with Crippen LogP contribution in [0.3, 0.4) is 0 Å². The Morgan fingerprint density at radius 2 is 1.96 bits per heavy atom. The number of nitrogens with two attached hydrogens (primary N) is 1. The summed E-state index contributed by atoms with van der Waals surface area (Å²) in [4.78, 5) is 25.6. The molecule has 0 aliphatic rings. The Morgan fingerprint density at radius 3 is 2.61 bits per heavy atom. The third-order valence-corrected chi connectivity index (χ3v) is 3.85. The van der Waals surface area contributed by atoms with Gasteiger partial charge in [0.1, 0.15) is 6.54 Å². The van der Waals surface area contributed by atoms with Crippen LogP contribution < -0.4 is 11.1 Å². The molecule has 0 aliphatic heterocycles. The van der Waals surface area contributed by atoms with Gasteiger partial charge in [0, 0.05) is 48.8 Å². The molecule has 6 nitrogen and oxygen atoms in total. The Kier molecular flexibility index (Phi) is 5.76. The van der Waals surface area contributed by atoms with E-state index in [0.29, 0.717) is 32.6 Å². The summed E-state index contributed by atoms with van der Waals surface area (Å²) in [6, 6.07) is 7.61. The van der Waals surface area contributed by atoms with E-state index in [1.165, 1.54) is 0 Å². The summed E-state index contributed by atoms with van der Waals surface area (Å²) < 4.78 is 1.93. The van der Waals surface area contributed by atoms with Gasteiger partial charge in [0.2, 0.25) is 11.8 Å². The summed E-state index contributed by atoms with van der Waals surface area (Å²) in [5, 5.41) is 3.81. The molecule has 3 N–H and O–H groups in total. The van der Waals surface area contributed by atoms with E-state index in [2.05, 4.69) is 5.32 Å². The van der Waals surface area contributed by atoms with Gasteiger partial charge >= 0.3 is 0 Å². The molecular weight excluding hydrogens is 292 g/mol. The van der Waals surface area contributed by atoms with Crippen molar-refractivity contribution >= 4 is 28.4 Å². The lowest BCUT2D eigenvalue weighted by molar-refractivity contribution is -0.131. The lowest BCUT2D eigenvalue weighted by Gasteiger charge is -2.19. The van der Waals surface area contributed by atoms with Crippen molar-refractivity contribution in [2.45, 2.75) is 26.8 Å². The topological polar surface area (TPSA) is 80.4 Å². The number of fused-ring (bicyclic) bond motifs is 1. The van der Waals surface area contributed by atoms with Crippen molar-refractivity contribution in [3.63, 3.8) is 0 Å². The fraction of sp³-hybridized carbons (Fsp3) is 0.412. The molecule has 2 amide bonds. The van der Waals surface area contributed by atoms with Crippen LogP contribution in [0.1, 0.15) is 20.3 Å². The fourth-order valence-electron chi connectivity index (χ4n) is 2.59. The van der Waals surface area contributed by atoms with Crippen LogP contribution >= 0.6 is 0 Å². The van der Waals surface area contributed by atoms with Crippen molar-refractivity contribution in [2.75, 3.05) is 25.0 Å². The second-order valence-corrected chi connectivity index (χ2v) is 5.37. The van der Waals surface area contributed by atoms with Gasteiger partial charge in [0.15, 0.2) is 0 Å². The van der Waals surface area contributed by atoms with E-state index in [0.717, 1.165) is 16.6 Å². The maximum Gasteiger partial charge on any atom is 0.242 e. The lowest BCUT2D eigenvalue weighted by atomic mass is 10.2. The molecule has 23 heavy (non-hydrogen) atoms. The minimum atomic E-state index is -0.0945. The highest BCUT2D eigenvalue weighted by molar-refractivity contribution is 5.94. The third-order valence-electron chi connectivity index (χ3n) is 3.85. The number of amides is 2. The monoisotopic (exact) mass is 316 g/mol. The number of rotatable bonds is 7. The quantitative estimate of drug-likeness (QED) is 0.817. The third kappa shape index (κ3) is 4.10. The average Bonchev–Trinajstić information content (AvgIpc) is 2.91. The van der Waals surface area contributed by atoms with Crippen LogP contribution in [0.15, 0.2) is 30.5 Å². The van der Waals surface area contributed by atoms with E-state index in [4.69, 9.17) is 5.73 Å². The van der Waals surface area contributed by atoms with Gasteiger partial charge in [-0.15, -0.1) is 0 Å². The van der Waals surface area contributed by atoms with E-state index in [9.17, 15) is 9.59 Å². The molecule has 1 aromatic carbocycles. The molecule has 1 heterocycles. The first-order valence-corrected chi connectivity index (χ1v) is 7.95. The van der Waals surface area contributed by atoms with E-state index in [-0.39, 0.29) is 11.8 Å². The van der Waals surface area contributed by atoms with Crippen molar-refractivity contribution in [1.29, 1.82) is 0 Å². The number of benzene rings is 1. The molecule has 0 aliphatic carbocycles. The van der Waals surface area contributed by atoms with Crippen LogP contribution in [0, 0.1) is 0 Å². The number of hydrogen-bond donors (Lipinski definition) is 2. The van der Waals surface area contributed by atoms with E-state index < -0.39 is 0 Å². The molecule has 0 spiro atoms. The normalized spacial score (nSPS) is 10.7. The second kappa shape index (κ2) is 7.78. The minimum Gasteiger partial charge on any atom is -0.342 e. The predicted molar refractivity (Wildman–Crippen MR) is 92.2 cm³/mol. The standard InChI is InChI=1S/C17H24N4O2/c1-3-20(4-2)17(23)12-21-10-8-13-11-14(5-6-15(13)21)19-16(22)7-9-18/h5-6,8,10-11H,3-4,7,9,12,18H2,1-2H3,(H,19,22). The number of likely N-dealkylation sites (N-methyl/N-ethyl adjacent to an activating group) is 1. The number of nitrogens with zero attached hydrogens (tertiary/aromatic N) is 2. The predicted octanol–water partition coefficient (Wildman–Crippen LogP) is 1.80. The van der Waals surface area contributed by atoms with E-state index in [1.54, 1.807) is 0 Å². The number of carbonyl (C=O) groups is 2. The van der Waals surface area contributed by atoms with Gasteiger partial charge in [-0.05, 0) is 38.1 Å². The molecule has 2 aromatic rings. The molecule has 0 saturated heterocycles. The molecular formula is C17H24N4O2. The molecule has 1 aromatic heterocycles. The summed E-state index contributed by atoms with van der Waals surface area (Å²) in [5.41, 5.74) is 7.08. The number of hydrogen-bond acceptors (Lipinski definition) is 3. The first-order chi connectivity index (χ1) is 11.1. The van der Waals surface area contributed by atoms with Crippen molar-refractivity contribution < 1.29 is 9.59 Å². The van der Waals surface area contributed by atoms with Gasteiger partial charge in [-0.2, -0.15) is 0 Å². The molecule has 0 bridgehead atoms. The highest BCUT2D eigenvalue weighted by atomic mass is 16.2. The van der Waals surface area contributed by atoms with Gasteiger partial charge in [-0.25, -0.2) is 0 Å². The zero-order valence-electron chi connectivity index (χ0n) is 13.7. The van der Waals surface area contributed by atoms with Crippen LogP contribution in [0.4, 0.5) is 5.69 Å². The number of anilines is 1. The molecule has 0 radical (unpaired) electrons. The first kappa shape index (κ1) is 17.0. The van der Waals surface area contributed by atoms with Crippen molar-refractivity contribution in [3.8, 4) is 0 Å². The Balaban J connectivity index is 2.15. The van der Waals surface area contributed by atoms with Crippen LogP contribution in [0.2, 0.25) is 0 Å². The molecule has 124 valence electrons. The van der Waals surface area contributed by atoms with Gasteiger partial charge < -0.3 is 20.5 Å². The van der Waals surface area contributed by atoms with Crippen LogP contribution in [-0.2, 0) is 16.1 Å². The summed E-state index contributed by atoms with van der Waals surface area (Å²) in [5.74, 6) is 0.0100. The van der Waals surface area contributed by atoms with Gasteiger partial charge in [0.05, 0.1) is 0 Å². The Morgan fingerprint density at radius 1 is 1.22 bits per heavy atom. The summed E-state index contributed by atoms with van der Waals surface area (Å²) in [7, 11) is 0. The van der Waals surface area contributed by atoms with Crippen LogP contribution in [-0.4, -0.2) is 40.9 Å². The van der Waals surface area contributed by atoms with Crippen molar-refractivity contribution in [2.24, 2.45) is 5.73 Å². The molecule has 0 atom stereocenters. The number of carbonyl (C=O) groups excluding carboxylic acids is 2. The molecule has 0 fully saturated rings. The van der Waals surface area contributed by atoms with E-state index in [1.807, 2.05) is 53.8 Å². The summed E-state index contributed by atoms with van der Waals surface area (Å²) >= 11 is 0. The molecule has 0 saturated carbocycles. The number of nitrogens with one attached hydrogen (secondary N) is 1. The van der Waals surface area contributed by atoms with Crippen molar-refractivity contribution in [3.05, 3.63) is 30.5 Å². The molecule has 2 rings (SSSR count). The first-order valence-electron chi connectivity index (χ1n) is 7.95. The van der Waals surface area contributed by atoms with E-state index >= 15 is 0 Å². The van der Waals surface area contributed by atoms with Gasteiger partial charge in [-0.1, -0.05) is 0 Å². The average molecular weight is 316 g/mol. The maximum atomic E-state index is 12.2. The van der Waals surface area contributed by atoms with Crippen LogP contribution in [0.25, 0.3) is 10.9 Å².